The number of nitrogens with one attached hydrogen (secondary N) is 1. The number of anilines is 1. The molecule has 0 unspecified atom stereocenters. The van der Waals surface area contributed by atoms with Crippen molar-refractivity contribution in [3.05, 3.63) is 36.2 Å². The van der Waals surface area contributed by atoms with E-state index in [0.29, 0.717) is 5.92 Å². The Labute approximate surface area is 134 Å². The topological polar surface area (TPSA) is 68.8 Å². The third-order valence-electron chi connectivity index (χ3n) is 4.65. The molecular weight excluding hydrogens is 290 g/mol. The Morgan fingerprint density at radius 3 is 2.87 bits per heavy atom. The van der Waals surface area contributed by atoms with Crippen molar-refractivity contribution in [1.82, 2.24) is 19.7 Å². The molecule has 1 saturated carbocycles. The van der Waals surface area contributed by atoms with Crippen molar-refractivity contribution in [1.29, 1.82) is 0 Å². The molecule has 0 saturated heterocycles. The van der Waals surface area contributed by atoms with Crippen molar-refractivity contribution in [2.24, 2.45) is 7.05 Å². The molecule has 1 fully saturated rings. The molecular formula is C17H21N5O. The number of aryl methyl sites for hydroxylation is 1. The highest BCUT2D eigenvalue weighted by molar-refractivity contribution is 5.86. The minimum Gasteiger partial charge on any atom is -0.467 e. The summed E-state index contributed by atoms with van der Waals surface area (Å²) in [5.41, 5.74) is 0.885. The van der Waals surface area contributed by atoms with Crippen LogP contribution in [0.3, 0.4) is 0 Å². The van der Waals surface area contributed by atoms with E-state index in [-0.39, 0.29) is 6.04 Å². The van der Waals surface area contributed by atoms with Gasteiger partial charge in [-0.25, -0.2) is 9.97 Å². The Hall–Kier alpha value is -2.37. The Morgan fingerprint density at radius 2 is 2.13 bits per heavy atom. The van der Waals surface area contributed by atoms with Gasteiger partial charge in [-0.3, -0.25) is 4.68 Å². The van der Waals surface area contributed by atoms with Crippen LogP contribution in [0.15, 0.2) is 29.0 Å². The molecule has 3 heterocycles. The number of aromatic nitrogens is 4. The highest BCUT2D eigenvalue weighted by atomic mass is 16.3. The van der Waals surface area contributed by atoms with Crippen LogP contribution in [-0.4, -0.2) is 19.7 Å². The van der Waals surface area contributed by atoms with E-state index < -0.39 is 0 Å². The van der Waals surface area contributed by atoms with Crippen LogP contribution in [0, 0.1) is 0 Å². The van der Waals surface area contributed by atoms with Gasteiger partial charge in [0, 0.05) is 13.0 Å². The van der Waals surface area contributed by atoms with Gasteiger partial charge in [-0.2, -0.15) is 5.10 Å². The van der Waals surface area contributed by atoms with E-state index in [1.54, 1.807) is 6.26 Å². The average molecular weight is 311 g/mol. The lowest BCUT2D eigenvalue weighted by Crippen LogP contribution is -2.11. The molecule has 0 aliphatic heterocycles. The third-order valence-corrected chi connectivity index (χ3v) is 4.65. The summed E-state index contributed by atoms with van der Waals surface area (Å²) in [7, 11) is 1.92. The van der Waals surface area contributed by atoms with Crippen LogP contribution in [-0.2, 0) is 7.05 Å². The minimum absolute atomic E-state index is 0.0414. The lowest BCUT2D eigenvalue weighted by molar-refractivity contribution is 0.490. The highest BCUT2D eigenvalue weighted by Gasteiger charge is 2.23. The van der Waals surface area contributed by atoms with E-state index in [4.69, 9.17) is 14.4 Å². The van der Waals surface area contributed by atoms with E-state index >= 15 is 0 Å². The van der Waals surface area contributed by atoms with Gasteiger partial charge in [0.05, 0.1) is 23.9 Å². The number of rotatable bonds is 4. The van der Waals surface area contributed by atoms with Crippen molar-refractivity contribution in [3.8, 4) is 0 Å². The summed E-state index contributed by atoms with van der Waals surface area (Å²) in [6.45, 7) is 2.07. The smallest absolute Gasteiger partial charge is 0.163 e. The van der Waals surface area contributed by atoms with Gasteiger partial charge < -0.3 is 9.73 Å². The minimum atomic E-state index is 0.0414. The van der Waals surface area contributed by atoms with Gasteiger partial charge in [0.2, 0.25) is 0 Å². The van der Waals surface area contributed by atoms with Crippen molar-refractivity contribution in [2.75, 3.05) is 5.32 Å². The lowest BCUT2D eigenvalue weighted by atomic mass is 10.1. The molecule has 1 aliphatic carbocycles. The van der Waals surface area contributed by atoms with Crippen molar-refractivity contribution >= 4 is 16.9 Å². The molecule has 1 atom stereocenters. The Morgan fingerprint density at radius 1 is 1.30 bits per heavy atom. The number of hydrogen-bond acceptors (Lipinski definition) is 5. The number of fused-ring (bicyclic) bond motifs is 1. The number of hydrogen-bond donors (Lipinski definition) is 1. The zero-order valence-corrected chi connectivity index (χ0v) is 13.5. The van der Waals surface area contributed by atoms with Crippen molar-refractivity contribution < 1.29 is 4.42 Å². The molecule has 6 heteroatoms. The molecule has 0 radical (unpaired) electrons. The molecule has 23 heavy (non-hydrogen) atoms. The number of furan rings is 1. The van der Waals surface area contributed by atoms with Crippen LogP contribution in [0.1, 0.15) is 56.2 Å². The molecule has 3 aromatic rings. The highest BCUT2D eigenvalue weighted by Crippen LogP contribution is 2.34. The van der Waals surface area contributed by atoms with Crippen LogP contribution >= 0.6 is 0 Å². The first-order chi connectivity index (χ1) is 11.2. The molecule has 0 aromatic carbocycles. The fourth-order valence-electron chi connectivity index (χ4n) is 3.33. The summed E-state index contributed by atoms with van der Waals surface area (Å²) in [5.74, 6) is 3.14. The quantitative estimate of drug-likeness (QED) is 0.794. The van der Waals surface area contributed by atoms with Gasteiger partial charge in [0.25, 0.3) is 0 Å². The second-order valence-electron chi connectivity index (χ2n) is 6.30. The first-order valence-corrected chi connectivity index (χ1v) is 8.22. The molecule has 1 N–H and O–H groups in total. The standard InChI is InChI=1S/C17H21N5O/c1-11(14-8-5-9-23-14)19-16-13-10-18-22(2)17(13)21-15(20-16)12-6-3-4-7-12/h5,8-12H,3-4,6-7H2,1-2H3,(H,19,20,21)/t11-/m1/s1. The zero-order valence-electron chi connectivity index (χ0n) is 13.5. The predicted molar refractivity (Wildman–Crippen MR) is 88.3 cm³/mol. The SMILES string of the molecule is C[C@@H](Nc1nc(C2CCCC2)nc2c1cnn2C)c1ccco1. The molecule has 0 spiro atoms. The van der Waals surface area contributed by atoms with Crippen LogP contribution in [0.4, 0.5) is 5.82 Å². The summed E-state index contributed by atoms with van der Waals surface area (Å²) in [6.07, 6.45) is 8.40. The maximum atomic E-state index is 5.49. The van der Waals surface area contributed by atoms with E-state index in [0.717, 1.165) is 28.4 Å². The van der Waals surface area contributed by atoms with Crippen LogP contribution in [0.5, 0.6) is 0 Å². The first-order valence-electron chi connectivity index (χ1n) is 8.22. The second kappa shape index (κ2) is 5.68. The van der Waals surface area contributed by atoms with Crippen molar-refractivity contribution in [3.63, 3.8) is 0 Å². The van der Waals surface area contributed by atoms with E-state index in [1.165, 1.54) is 25.7 Å². The fourth-order valence-corrected chi connectivity index (χ4v) is 3.33. The maximum Gasteiger partial charge on any atom is 0.163 e. The molecule has 6 nitrogen and oxygen atoms in total. The third kappa shape index (κ3) is 2.58. The molecule has 1 aliphatic rings. The Kier molecular flexibility index (Phi) is 3.52. The summed E-state index contributed by atoms with van der Waals surface area (Å²) >= 11 is 0. The van der Waals surface area contributed by atoms with E-state index in [9.17, 15) is 0 Å². The van der Waals surface area contributed by atoms with Gasteiger partial charge in [-0.15, -0.1) is 0 Å². The Bertz CT molecular complexity index is 802. The van der Waals surface area contributed by atoms with Gasteiger partial charge in [-0.05, 0) is 31.9 Å². The van der Waals surface area contributed by atoms with E-state index in [1.807, 2.05) is 30.1 Å². The maximum absolute atomic E-state index is 5.49. The summed E-state index contributed by atoms with van der Waals surface area (Å²) < 4.78 is 7.31. The zero-order chi connectivity index (χ0) is 15.8. The average Bonchev–Trinajstić information content (AvgIpc) is 3.29. The van der Waals surface area contributed by atoms with Crippen LogP contribution in [0.2, 0.25) is 0 Å². The summed E-state index contributed by atoms with van der Waals surface area (Å²) in [5, 5.41) is 8.76. The fraction of sp³-hybridized carbons (Fsp3) is 0.471. The van der Waals surface area contributed by atoms with Gasteiger partial charge in [0.1, 0.15) is 17.4 Å². The van der Waals surface area contributed by atoms with E-state index in [2.05, 4.69) is 17.3 Å². The van der Waals surface area contributed by atoms with Gasteiger partial charge in [-0.1, -0.05) is 12.8 Å². The van der Waals surface area contributed by atoms with Gasteiger partial charge >= 0.3 is 0 Å². The molecule has 3 aromatic heterocycles. The summed E-state index contributed by atoms with van der Waals surface area (Å²) in [4.78, 5) is 9.60. The Balaban J connectivity index is 1.74. The number of nitrogens with zero attached hydrogens (tertiary/aromatic N) is 4. The van der Waals surface area contributed by atoms with Crippen LogP contribution in [0.25, 0.3) is 11.0 Å². The second-order valence-corrected chi connectivity index (χ2v) is 6.30. The predicted octanol–water partition coefficient (Wildman–Crippen LogP) is 3.79. The molecule has 0 amide bonds. The monoisotopic (exact) mass is 311 g/mol. The molecule has 120 valence electrons. The van der Waals surface area contributed by atoms with Crippen molar-refractivity contribution in [2.45, 2.75) is 44.6 Å². The molecule has 4 rings (SSSR count). The normalized spacial score (nSPS) is 17.0. The lowest BCUT2D eigenvalue weighted by Gasteiger charge is -2.15. The first kappa shape index (κ1) is 14.2. The van der Waals surface area contributed by atoms with Gasteiger partial charge in [0.15, 0.2) is 5.65 Å². The molecule has 0 bridgehead atoms. The van der Waals surface area contributed by atoms with Crippen LogP contribution < -0.4 is 5.32 Å². The largest absolute Gasteiger partial charge is 0.467 e. The summed E-state index contributed by atoms with van der Waals surface area (Å²) in [6, 6.07) is 3.91.